The van der Waals surface area contributed by atoms with Crippen LogP contribution in [-0.2, 0) is 17.0 Å². The normalized spacial score (nSPS) is 47.0. The molecule has 0 spiro atoms. The Morgan fingerprint density at radius 1 is 0.889 bits per heavy atom. The molecule has 8 aliphatic carbocycles. The molecule has 4 bridgehead atoms. The Morgan fingerprint density at radius 2 is 1.59 bits per heavy atom. The van der Waals surface area contributed by atoms with Crippen LogP contribution in [-0.4, -0.2) is 0 Å². The predicted molar refractivity (Wildman–Crippen MR) is 113 cm³/mol. The molecule has 0 aromatic heterocycles. The summed E-state index contributed by atoms with van der Waals surface area (Å²) in [5.74, 6) is 9.41. The van der Waals surface area contributed by atoms with Crippen molar-refractivity contribution in [2.24, 2.45) is 52.3 Å². The van der Waals surface area contributed by atoms with Crippen molar-refractivity contribution in [3.05, 3.63) is 12.3 Å². The van der Waals surface area contributed by atoms with Crippen LogP contribution >= 0.6 is 18.6 Å². The fourth-order valence-corrected chi connectivity index (χ4v) is 8.23. The van der Waals surface area contributed by atoms with Gasteiger partial charge < -0.3 is 0 Å². The first-order valence-corrected chi connectivity index (χ1v) is 15.8. The van der Waals surface area contributed by atoms with E-state index in [0.29, 0.717) is 5.41 Å². The molecular formula is C24H38Cl2Ti. The van der Waals surface area contributed by atoms with Crippen LogP contribution < -0.4 is 0 Å². The first kappa shape index (κ1) is 21.5. The minimum atomic E-state index is -0.556. The Balaban J connectivity index is 0.000000117. The number of rotatable bonds is 0. The van der Waals surface area contributed by atoms with Crippen LogP contribution in [0.25, 0.3) is 0 Å². The second-order valence-electron chi connectivity index (χ2n) is 11.5. The molecule has 0 aliphatic heterocycles. The molecule has 8 fully saturated rings. The van der Waals surface area contributed by atoms with E-state index in [-0.39, 0.29) is 0 Å². The number of hydrogen-bond donors (Lipinski definition) is 0. The molecule has 8 rings (SSSR count). The van der Waals surface area contributed by atoms with Gasteiger partial charge in [0.1, 0.15) is 0 Å². The maximum absolute atomic E-state index is 4.89. The molecule has 8 aliphatic rings. The van der Waals surface area contributed by atoms with Gasteiger partial charge in [0.15, 0.2) is 0 Å². The van der Waals surface area contributed by atoms with Gasteiger partial charge >= 0.3 is 35.6 Å². The molecule has 7 atom stereocenters. The predicted octanol–water partition coefficient (Wildman–Crippen LogP) is 8.09. The average molecular weight is 445 g/mol. The minimum absolute atomic E-state index is 0.556. The van der Waals surface area contributed by atoms with Gasteiger partial charge in [-0.15, -0.1) is 0 Å². The van der Waals surface area contributed by atoms with Crippen molar-refractivity contribution >= 4 is 18.6 Å². The van der Waals surface area contributed by atoms with Gasteiger partial charge in [0, 0.05) is 0 Å². The van der Waals surface area contributed by atoms with E-state index >= 15 is 0 Å². The van der Waals surface area contributed by atoms with Crippen molar-refractivity contribution in [2.75, 3.05) is 0 Å². The first-order valence-electron chi connectivity index (χ1n) is 11.5. The van der Waals surface area contributed by atoms with Crippen molar-refractivity contribution < 1.29 is 17.0 Å². The Hall–Kier alpha value is 1.29. The fraction of sp³-hybridized carbons (Fsp3) is 0.917. The zero-order valence-corrected chi connectivity index (χ0v) is 20.8. The zero-order chi connectivity index (χ0) is 19.4. The summed E-state index contributed by atoms with van der Waals surface area (Å²) in [6.45, 7) is 9.98. The van der Waals surface area contributed by atoms with E-state index in [1.807, 2.05) is 5.92 Å². The fourth-order valence-electron chi connectivity index (χ4n) is 8.23. The SMILES string of the molecule is CC1(C)C2CC3CCCC3C1C2.CC1(C)C2CC3CC[CH][C]3C1C2.[Cl][Ti][Cl]. The van der Waals surface area contributed by atoms with E-state index in [0.717, 1.165) is 46.8 Å². The topological polar surface area (TPSA) is 0 Å². The standard InChI is InChI=1S/C12H20.C12H18.2ClH.Ti/c2*1-12(2)9-6-8-4-3-5-10(8)11(12)7-9;;;/h8-11H,3-7H2,1-2H3;5,8-9,11H,3-4,6-7H2,1-2H3;2*1H;/q;;;;+2/p-2. The Bertz CT molecular complexity index is 484. The van der Waals surface area contributed by atoms with Crippen LogP contribution in [0.5, 0.6) is 0 Å². The summed E-state index contributed by atoms with van der Waals surface area (Å²) in [7, 11) is 9.78. The molecule has 8 saturated carbocycles. The summed E-state index contributed by atoms with van der Waals surface area (Å²) in [5, 5.41) is 0. The Morgan fingerprint density at radius 3 is 2.26 bits per heavy atom. The second-order valence-corrected chi connectivity index (χ2v) is 14.1. The van der Waals surface area contributed by atoms with Crippen molar-refractivity contribution in [1.29, 1.82) is 0 Å². The van der Waals surface area contributed by atoms with E-state index < -0.39 is 17.0 Å². The quantitative estimate of drug-likeness (QED) is 0.331. The van der Waals surface area contributed by atoms with Gasteiger partial charge in [0.25, 0.3) is 0 Å². The first-order chi connectivity index (χ1) is 12.8. The third kappa shape index (κ3) is 3.64. The molecule has 3 heteroatoms. The van der Waals surface area contributed by atoms with Crippen molar-refractivity contribution in [3.63, 3.8) is 0 Å². The third-order valence-corrected chi connectivity index (χ3v) is 10.2. The van der Waals surface area contributed by atoms with Gasteiger partial charge in [-0.05, 0) is 110 Å². The van der Waals surface area contributed by atoms with Crippen LogP contribution in [0.15, 0.2) is 0 Å². The van der Waals surface area contributed by atoms with Crippen LogP contribution in [0.4, 0.5) is 0 Å². The third-order valence-electron chi connectivity index (χ3n) is 10.2. The van der Waals surface area contributed by atoms with Gasteiger partial charge in [0.2, 0.25) is 0 Å². The van der Waals surface area contributed by atoms with E-state index in [1.165, 1.54) is 32.1 Å². The Labute approximate surface area is 185 Å². The number of hydrogen-bond acceptors (Lipinski definition) is 0. The van der Waals surface area contributed by atoms with E-state index in [2.05, 4.69) is 34.1 Å². The van der Waals surface area contributed by atoms with Gasteiger partial charge in [-0.2, -0.15) is 0 Å². The average Bonchev–Trinajstić information content (AvgIpc) is 3.30. The molecule has 0 heterocycles. The van der Waals surface area contributed by atoms with Gasteiger partial charge in [-0.25, -0.2) is 0 Å². The second kappa shape index (κ2) is 8.09. The monoisotopic (exact) mass is 444 g/mol. The maximum atomic E-state index is 4.89. The van der Waals surface area contributed by atoms with E-state index in [9.17, 15) is 0 Å². The summed E-state index contributed by atoms with van der Waals surface area (Å²) in [6, 6.07) is 0. The summed E-state index contributed by atoms with van der Waals surface area (Å²) in [5.41, 5.74) is 1.39. The molecule has 27 heavy (non-hydrogen) atoms. The summed E-state index contributed by atoms with van der Waals surface area (Å²) in [6.07, 6.45) is 16.2. The molecule has 2 radical (unpaired) electrons. The molecule has 0 saturated heterocycles. The van der Waals surface area contributed by atoms with E-state index in [4.69, 9.17) is 18.6 Å². The van der Waals surface area contributed by atoms with Crippen molar-refractivity contribution in [3.8, 4) is 0 Å². The molecule has 0 amide bonds. The van der Waals surface area contributed by atoms with Crippen LogP contribution in [0.2, 0.25) is 0 Å². The number of halogens is 2. The van der Waals surface area contributed by atoms with Crippen LogP contribution in [0.1, 0.15) is 85.5 Å². The van der Waals surface area contributed by atoms with Gasteiger partial charge in [-0.3, -0.25) is 0 Å². The molecule has 0 N–H and O–H groups in total. The van der Waals surface area contributed by atoms with Gasteiger partial charge in [-0.1, -0.05) is 40.5 Å². The van der Waals surface area contributed by atoms with Crippen LogP contribution in [0.3, 0.4) is 0 Å². The molecule has 0 nitrogen and oxygen atoms in total. The summed E-state index contributed by atoms with van der Waals surface area (Å²) < 4.78 is 0. The molecule has 7 unspecified atom stereocenters. The molecule has 0 aromatic rings. The van der Waals surface area contributed by atoms with Crippen molar-refractivity contribution in [1.82, 2.24) is 0 Å². The molecular weight excluding hydrogens is 407 g/mol. The summed E-state index contributed by atoms with van der Waals surface area (Å²) in [4.78, 5) is 0. The molecule has 0 aromatic carbocycles. The van der Waals surface area contributed by atoms with Crippen LogP contribution in [0, 0.1) is 64.6 Å². The zero-order valence-electron chi connectivity index (χ0n) is 17.7. The van der Waals surface area contributed by atoms with E-state index in [1.54, 1.807) is 25.7 Å². The molecule has 152 valence electrons. The van der Waals surface area contributed by atoms with Crippen molar-refractivity contribution in [2.45, 2.75) is 85.5 Å². The van der Waals surface area contributed by atoms with Gasteiger partial charge in [0.05, 0.1) is 0 Å². The summed E-state index contributed by atoms with van der Waals surface area (Å²) >= 11 is -0.556. The Kier molecular flexibility index (Phi) is 6.45.